The standard InChI is InChI=1S/C15H22BrClO/c1-2-3-4-5-6-7-11-14(18)12-9-8-10-13(16)15(12)17/h8-10,14,18H,2-7,11H2,1H3. The number of benzene rings is 1. The van der Waals surface area contributed by atoms with Crippen LogP contribution in [0, 0.1) is 0 Å². The summed E-state index contributed by atoms with van der Waals surface area (Å²) in [5.74, 6) is 0. The van der Waals surface area contributed by atoms with E-state index in [0.29, 0.717) is 5.02 Å². The number of halogens is 2. The number of rotatable bonds is 8. The van der Waals surface area contributed by atoms with Gasteiger partial charge in [-0.25, -0.2) is 0 Å². The molecule has 18 heavy (non-hydrogen) atoms. The summed E-state index contributed by atoms with van der Waals surface area (Å²) in [4.78, 5) is 0. The molecule has 1 nitrogen and oxygen atoms in total. The third-order valence-corrected chi connectivity index (χ3v) is 4.48. The first-order valence-electron chi connectivity index (χ1n) is 6.78. The summed E-state index contributed by atoms with van der Waals surface area (Å²) < 4.78 is 0.851. The van der Waals surface area contributed by atoms with Crippen LogP contribution in [0.4, 0.5) is 0 Å². The molecule has 0 saturated heterocycles. The van der Waals surface area contributed by atoms with Gasteiger partial charge in [0.25, 0.3) is 0 Å². The normalized spacial score (nSPS) is 12.7. The molecule has 0 spiro atoms. The van der Waals surface area contributed by atoms with Crippen molar-refractivity contribution in [3.63, 3.8) is 0 Å². The first-order valence-corrected chi connectivity index (χ1v) is 7.96. The Hall–Kier alpha value is -0.0500. The Morgan fingerprint density at radius 1 is 1.17 bits per heavy atom. The molecule has 1 aromatic rings. The Balaban J connectivity index is 2.32. The Morgan fingerprint density at radius 3 is 2.56 bits per heavy atom. The Kier molecular flexibility index (Phi) is 7.96. The van der Waals surface area contributed by atoms with E-state index in [0.717, 1.165) is 22.9 Å². The van der Waals surface area contributed by atoms with Gasteiger partial charge in [-0.05, 0) is 28.4 Å². The summed E-state index contributed by atoms with van der Waals surface area (Å²) in [5.41, 5.74) is 0.833. The fourth-order valence-electron chi connectivity index (χ4n) is 2.05. The van der Waals surface area contributed by atoms with Gasteiger partial charge in [0.15, 0.2) is 0 Å². The highest BCUT2D eigenvalue weighted by Gasteiger charge is 2.12. The summed E-state index contributed by atoms with van der Waals surface area (Å²) in [7, 11) is 0. The number of aliphatic hydroxyl groups is 1. The number of hydrogen-bond acceptors (Lipinski definition) is 1. The molecule has 0 amide bonds. The molecular weight excluding hydrogens is 312 g/mol. The lowest BCUT2D eigenvalue weighted by Gasteiger charge is -2.13. The maximum absolute atomic E-state index is 10.1. The summed E-state index contributed by atoms with van der Waals surface area (Å²) in [6.45, 7) is 2.22. The van der Waals surface area contributed by atoms with E-state index < -0.39 is 6.10 Å². The van der Waals surface area contributed by atoms with Crippen LogP contribution in [0.25, 0.3) is 0 Å². The average molecular weight is 334 g/mol. The number of hydrogen-bond donors (Lipinski definition) is 1. The zero-order valence-corrected chi connectivity index (χ0v) is 13.3. The van der Waals surface area contributed by atoms with E-state index in [9.17, 15) is 5.11 Å². The van der Waals surface area contributed by atoms with E-state index in [4.69, 9.17) is 11.6 Å². The Bertz CT molecular complexity index is 354. The van der Waals surface area contributed by atoms with Gasteiger partial charge in [-0.2, -0.15) is 0 Å². The van der Waals surface area contributed by atoms with Crippen LogP contribution in [0.3, 0.4) is 0 Å². The van der Waals surface area contributed by atoms with Crippen LogP contribution in [-0.2, 0) is 0 Å². The van der Waals surface area contributed by atoms with Crippen LogP contribution >= 0.6 is 27.5 Å². The van der Waals surface area contributed by atoms with Crippen molar-refractivity contribution >= 4 is 27.5 Å². The van der Waals surface area contributed by atoms with Crippen molar-refractivity contribution in [3.05, 3.63) is 33.3 Å². The second-order valence-corrected chi connectivity index (χ2v) is 5.95. The Labute approximate surface area is 124 Å². The molecule has 1 aromatic carbocycles. The van der Waals surface area contributed by atoms with Crippen molar-refractivity contribution in [2.45, 2.75) is 58.0 Å². The molecule has 0 aliphatic heterocycles. The van der Waals surface area contributed by atoms with Crippen LogP contribution < -0.4 is 0 Å². The zero-order valence-electron chi connectivity index (χ0n) is 11.0. The lowest BCUT2D eigenvalue weighted by Crippen LogP contribution is -1.98. The highest BCUT2D eigenvalue weighted by Crippen LogP contribution is 2.32. The maximum Gasteiger partial charge on any atom is 0.0804 e. The van der Waals surface area contributed by atoms with Gasteiger partial charge in [-0.3, -0.25) is 0 Å². The Morgan fingerprint density at radius 2 is 1.83 bits per heavy atom. The van der Waals surface area contributed by atoms with Crippen LogP contribution in [0.15, 0.2) is 22.7 Å². The van der Waals surface area contributed by atoms with Crippen LogP contribution in [-0.4, -0.2) is 5.11 Å². The molecule has 0 radical (unpaired) electrons. The molecule has 3 heteroatoms. The first kappa shape index (κ1) is 16.0. The average Bonchev–Trinajstić information content (AvgIpc) is 2.36. The van der Waals surface area contributed by atoms with Gasteiger partial charge in [0.1, 0.15) is 0 Å². The largest absolute Gasteiger partial charge is 0.388 e. The fraction of sp³-hybridized carbons (Fsp3) is 0.600. The molecule has 0 bridgehead atoms. The lowest BCUT2D eigenvalue weighted by atomic mass is 10.0. The molecule has 102 valence electrons. The summed E-state index contributed by atoms with van der Waals surface area (Å²) in [6.07, 6.45) is 7.78. The molecule has 1 unspecified atom stereocenters. The molecule has 0 heterocycles. The second-order valence-electron chi connectivity index (χ2n) is 4.72. The minimum Gasteiger partial charge on any atom is -0.388 e. The van der Waals surface area contributed by atoms with E-state index in [-0.39, 0.29) is 0 Å². The topological polar surface area (TPSA) is 20.2 Å². The first-order chi connectivity index (χ1) is 8.66. The van der Waals surface area contributed by atoms with Crippen molar-refractivity contribution < 1.29 is 5.11 Å². The summed E-state index contributed by atoms with van der Waals surface area (Å²) in [5, 5.41) is 10.8. The van der Waals surface area contributed by atoms with Crippen LogP contribution in [0.1, 0.15) is 63.5 Å². The molecule has 1 N–H and O–H groups in total. The number of aliphatic hydroxyl groups excluding tert-OH is 1. The molecule has 0 saturated carbocycles. The van der Waals surface area contributed by atoms with Crippen molar-refractivity contribution in [2.24, 2.45) is 0 Å². The third kappa shape index (κ3) is 5.29. The van der Waals surface area contributed by atoms with Gasteiger partial charge in [0.05, 0.1) is 11.1 Å². The molecule has 0 aliphatic rings. The second kappa shape index (κ2) is 8.95. The zero-order chi connectivity index (χ0) is 13.4. The molecule has 1 rings (SSSR count). The van der Waals surface area contributed by atoms with Crippen molar-refractivity contribution in [3.8, 4) is 0 Å². The minimum atomic E-state index is -0.443. The monoisotopic (exact) mass is 332 g/mol. The predicted molar refractivity (Wildman–Crippen MR) is 82.1 cm³/mol. The predicted octanol–water partition coefficient (Wildman–Crippen LogP) is 5.89. The summed E-state index contributed by atoms with van der Waals surface area (Å²) >= 11 is 9.54. The smallest absolute Gasteiger partial charge is 0.0804 e. The molecule has 0 aliphatic carbocycles. The van der Waals surface area contributed by atoms with Crippen molar-refractivity contribution in [1.82, 2.24) is 0 Å². The molecule has 1 atom stereocenters. The van der Waals surface area contributed by atoms with Gasteiger partial charge in [0, 0.05) is 10.0 Å². The SMILES string of the molecule is CCCCCCCCC(O)c1cccc(Br)c1Cl. The highest BCUT2D eigenvalue weighted by atomic mass is 79.9. The van der Waals surface area contributed by atoms with Gasteiger partial charge in [-0.1, -0.05) is 69.2 Å². The minimum absolute atomic E-state index is 0.443. The van der Waals surface area contributed by atoms with Crippen LogP contribution in [0.5, 0.6) is 0 Å². The molecule has 0 fully saturated rings. The molecular formula is C15H22BrClO. The lowest BCUT2D eigenvalue weighted by molar-refractivity contribution is 0.163. The van der Waals surface area contributed by atoms with Crippen molar-refractivity contribution in [2.75, 3.05) is 0 Å². The van der Waals surface area contributed by atoms with Crippen LogP contribution in [0.2, 0.25) is 5.02 Å². The van der Waals surface area contributed by atoms with E-state index in [1.165, 1.54) is 32.1 Å². The van der Waals surface area contributed by atoms with E-state index in [1.807, 2.05) is 18.2 Å². The maximum atomic E-state index is 10.1. The van der Waals surface area contributed by atoms with E-state index in [2.05, 4.69) is 22.9 Å². The van der Waals surface area contributed by atoms with E-state index in [1.54, 1.807) is 0 Å². The quantitative estimate of drug-likeness (QED) is 0.588. The van der Waals surface area contributed by atoms with Gasteiger partial charge in [0.2, 0.25) is 0 Å². The number of unbranched alkanes of at least 4 members (excludes halogenated alkanes) is 5. The van der Waals surface area contributed by atoms with Gasteiger partial charge < -0.3 is 5.11 Å². The van der Waals surface area contributed by atoms with Crippen molar-refractivity contribution in [1.29, 1.82) is 0 Å². The third-order valence-electron chi connectivity index (χ3n) is 3.17. The fourth-order valence-corrected chi connectivity index (χ4v) is 2.68. The summed E-state index contributed by atoms with van der Waals surface area (Å²) in [6, 6.07) is 5.70. The van der Waals surface area contributed by atoms with Gasteiger partial charge in [-0.15, -0.1) is 0 Å². The highest BCUT2D eigenvalue weighted by molar-refractivity contribution is 9.10. The molecule has 0 aromatic heterocycles. The van der Waals surface area contributed by atoms with E-state index >= 15 is 0 Å². The van der Waals surface area contributed by atoms with Gasteiger partial charge >= 0.3 is 0 Å².